The lowest BCUT2D eigenvalue weighted by molar-refractivity contribution is -0.119. The van der Waals surface area contributed by atoms with E-state index in [2.05, 4.69) is 24.1 Å². The Morgan fingerprint density at radius 2 is 1.79 bits per heavy atom. The van der Waals surface area contributed by atoms with Gasteiger partial charge in [0.25, 0.3) is 5.56 Å². The molecule has 1 aromatic heterocycles. The second-order valence-corrected chi connectivity index (χ2v) is 8.22. The Hall–Kier alpha value is -2.60. The lowest BCUT2D eigenvalue weighted by Gasteiger charge is -2.18. The monoisotopic (exact) mass is 395 g/mol. The van der Waals surface area contributed by atoms with Gasteiger partial charge in [0.2, 0.25) is 5.91 Å². The molecular weight excluding hydrogens is 370 g/mol. The van der Waals surface area contributed by atoms with E-state index in [1.807, 2.05) is 56.3 Å². The summed E-state index contributed by atoms with van der Waals surface area (Å²) in [4.78, 5) is 30.1. The van der Waals surface area contributed by atoms with E-state index in [0.717, 1.165) is 11.3 Å². The fourth-order valence-electron chi connectivity index (χ4n) is 2.72. The van der Waals surface area contributed by atoms with E-state index in [1.54, 1.807) is 10.6 Å². The molecule has 6 heteroatoms. The summed E-state index contributed by atoms with van der Waals surface area (Å²) >= 11 is 1.28. The van der Waals surface area contributed by atoms with Gasteiger partial charge < -0.3 is 5.32 Å². The van der Waals surface area contributed by atoms with Crippen molar-refractivity contribution in [1.82, 2.24) is 14.9 Å². The Bertz CT molecular complexity index is 1040. The van der Waals surface area contributed by atoms with E-state index in [1.165, 1.54) is 11.8 Å². The lowest BCUT2D eigenvalue weighted by Crippen LogP contribution is -2.37. The summed E-state index contributed by atoms with van der Waals surface area (Å²) in [7, 11) is 0. The van der Waals surface area contributed by atoms with E-state index >= 15 is 0 Å². The number of fused-ring (bicyclic) bond motifs is 1. The molecule has 1 N–H and O–H groups in total. The van der Waals surface area contributed by atoms with Crippen LogP contribution in [0.25, 0.3) is 16.6 Å². The first-order chi connectivity index (χ1) is 13.4. The summed E-state index contributed by atoms with van der Waals surface area (Å²) in [6, 6.07) is 15.1. The highest BCUT2D eigenvalue weighted by molar-refractivity contribution is 7.99. The fourth-order valence-corrected chi connectivity index (χ4v) is 3.55. The number of carbonyl (C=O) groups excluding carboxylic acids is 1. The second kappa shape index (κ2) is 8.61. The van der Waals surface area contributed by atoms with Crippen molar-refractivity contribution in [3.63, 3.8) is 0 Å². The number of hydrogen-bond donors (Lipinski definition) is 1. The number of aromatic nitrogens is 2. The fraction of sp³-hybridized carbons (Fsp3) is 0.318. The molecule has 0 saturated heterocycles. The Labute approximate surface area is 169 Å². The molecule has 0 aliphatic carbocycles. The van der Waals surface area contributed by atoms with Crippen molar-refractivity contribution in [1.29, 1.82) is 0 Å². The number of nitrogens with zero attached hydrogens (tertiary/aromatic N) is 2. The van der Waals surface area contributed by atoms with Gasteiger partial charge in [-0.05, 0) is 44.0 Å². The molecule has 146 valence electrons. The molecule has 1 heterocycles. The summed E-state index contributed by atoms with van der Waals surface area (Å²) in [6.45, 7) is 8.13. The van der Waals surface area contributed by atoms with E-state index in [4.69, 9.17) is 0 Å². The number of aryl methyl sites for hydroxylation is 1. The Morgan fingerprint density at radius 1 is 1.11 bits per heavy atom. The van der Waals surface area contributed by atoms with Gasteiger partial charge in [-0.25, -0.2) is 4.98 Å². The Balaban J connectivity index is 1.98. The molecule has 3 aromatic rings. The van der Waals surface area contributed by atoms with Crippen molar-refractivity contribution in [2.75, 3.05) is 5.75 Å². The summed E-state index contributed by atoms with van der Waals surface area (Å²) in [5.74, 6) is 0.496. The third-order valence-corrected chi connectivity index (χ3v) is 5.70. The molecule has 0 unspecified atom stereocenters. The van der Waals surface area contributed by atoms with Crippen LogP contribution in [0, 0.1) is 12.8 Å². The minimum Gasteiger partial charge on any atom is -0.353 e. The maximum atomic E-state index is 13.2. The van der Waals surface area contributed by atoms with Crippen molar-refractivity contribution < 1.29 is 4.79 Å². The average Bonchev–Trinajstić information content (AvgIpc) is 2.67. The summed E-state index contributed by atoms with van der Waals surface area (Å²) in [5.41, 5.74) is 2.36. The van der Waals surface area contributed by atoms with Gasteiger partial charge in [0.05, 0.1) is 22.3 Å². The van der Waals surface area contributed by atoms with E-state index < -0.39 is 0 Å². The average molecular weight is 396 g/mol. The first kappa shape index (κ1) is 20.1. The first-order valence-electron chi connectivity index (χ1n) is 9.38. The van der Waals surface area contributed by atoms with E-state index in [0.29, 0.717) is 22.0 Å². The lowest BCUT2D eigenvalue weighted by atomic mass is 10.1. The number of rotatable bonds is 6. The van der Waals surface area contributed by atoms with E-state index in [9.17, 15) is 9.59 Å². The molecule has 0 radical (unpaired) electrons. The van der Waals surface area contributed by atoms with Crippen LogP contribution in [0.2, 0.25) is 0 Å². The zero-order valence-corrected chi connectivity index (χ0v) is 17.4. The molecule has 0 aliphatic rings. The van der Waals surface area contributed by atoms with Crippen LogP contribution in [0.1, 0.15) is 26.3 Å². The predicted octanol–water partition coefficient (Wildman–Crippen LogP) is 3.95. The van der Waals surface area contributed by atoms with Crippen molar-refractivity contribution >= 4 is 28.6 Å². The van der Waals surface area contributed by atoms with Gasteiger partial charge in [-0.1, -0.05) is 55.4 Å². The highest BCUT2D eigenvalue weighted by Gasteiger charge is 2.16. The van der Waals surface area contributed by atoms with Crippen molar-refractivity contribution in [3.8, 4) is 5.69 Å². The predicted molar refractivity (Wildman–Crippen MR) is 115 cm³/mol. The Kier molecular flexibility index (Phi) is 6.19. The van der Waals surface area contributed by atoms with Crippen LogP contribution in [0.4, 0.5) is 0 Å². The zero-order valence-electron chi connectivity index (χ0n) is 16.6. The standard InChI is InChI=1S/C22H25N3O2S/c1-14(2)16(4)23-20(26)13-28-22-24-19-8-6-5-7-18(19)21(27)25(22)17-11-9-15(3)10-12-17/h5-12,14,16H,13H2,1-4H3,(H,23,26)/t16-/m0/s1. The van der Waals surface area contributed by atoms with Crippen LogP contribution in [0.3, 0.4) is 0 Å². The summed E-state index contributed by atoms with van der Waals surface area (Å²) in [5, 5.41) is 4.07. The number of para-hydroxylation sites is 1. The minimum absolute atomic E-state index is 0.0657. The van der Waals surface area contributed by atoms with Gasteiger partial charge in [0.15, 0.2) is 5.16 Å². The maximum Gasteiger partial charge on any atom is 0.266 e. The number of amides is 1. The van der Waals surface area contributed by atoms with Gasteiger partial charge in [-0.15, -0.1) is 0 Å². The van der Waals surface area contributed by atoms with E-state index in [-0.39, 0.29) is 23.3 Å². The third kappa shape index (κ3) is 4.44. The molecule has 0 aliphatic heterocycles. The molecule has 0 saturated carbocycles. The molecule has 0 fully saturated rings. The molecule has 2 aromatic carbocycles. The summed E-state index contributed by atoms with van der Waals surface area (Å²) in [6.07, 6.45) is 0. The number of benzene rings is 2. The molecule has 0 spiro atoms. The molecular formula is C22H25N3O2S. The zero-order chi connectivity index (χ0) is 20.3. The van der Waals surface area contributed by atoms with Gasteiger partial charge in [-0.2, -0.15) is 0 Å². The van der Waals surface area contributed by atoms with Crippen LogP contribution in [-0.4, -0.2) is 27.3 Å². The van der Waals surface area contributed by atoms with Gasteiger partial charge >= 0.3 is 0 Å². The first-order valence-corrected chi connectivity index (χ1v) is 10.4. The third-order valence-electron chi connectivity index (χ3n) is 4.76. The topological polar surface area (TPSA) is 64.0 Å². The van der Waals surface area contributed by atoms with Crippen LogP contribution >= 0.6 is 11.8 Å². The number of nitrogens with one attached hydrogen (secondary N) is 1. The SMILES string of the molecule is Cc1ccc(-n2c(SCC(=O)N[C@@H](C)C(C)C)nc3ccccc3c2=O)cc1. The molecule has 1 amide bonds. The summed E-state index contributed by atoms with van der Waals surface area (Å²) < 4.78 is 1.59. The van der Waals surface area contributed by atoms with Crippen LogP contribution in [-0.2, 0) is 4.79 Å². The quantitative estimate of drug-likeness (QED) is 0.507. The van der Waals surface area contributed by atoms with Crippen LogP contribution in [0.5, 0.6) is 0 Å². The number of thioether (sulfide) groups is 1. The highest BCUT2D eigenvalue weighted by Crippen LogP contribution is 2.21. The van der Waals surface area contributed by atoms with Crippen LogP contribution < -0.4 is 10.9 Å². The molecule has 3 rings (SSSR count). The number of carbonyl (C=O) groups is 1. The normalized spacial score (nSPS) is 12.3. The Morgan fingerprint density at radius 3 is 2.46 bits per heavy atom. The number of hydrogen-bond acceptors (Lipinski definition) is 4. The second-order valence-electron chi connectivity index (χ2n) is 7.28. The molecule has 1 atom stereocenters. The van der Waals surface area contributed by atoms with Gasteiger partial charge in [0, 0.05) is 6.04 Å². The largest absolute Gasteiger partial charge is 0.353 e. The smallest absolute Gasteiger partial charge is 0.266 e. The molecule has 28 heavy (non-hydrogen) atoms. The van der Waals surface area contributed by atoms with Crippen molar-refractivity contribution in [2.24, 2.45) is 5.92 Å². The van der Waals surface area contributed by atoms with Crippen molar-refractivity contribution in [3.05, 3.63) is 64.4 Å². The van der Waals surface area contributed by atoms with Crippen LogP contribution in [0.15, 0.2) is 58.5 Å². The molecule has 0 bridgehead atoms. The minimum atomic E-state index is -0.132. The van der Waals surface area contributed by atoms with Crippen molar-refractivity contribution in [2.45, 2.75) is 38.9 Å². The molecule has 5 nitrogen and oxygen atoms in total. The highest BCUT2D eigenvalue weighted by atomic mass is 32.2. The van der Waals surface area contributed by atoms with Gasteiger partial charge in [-0.3, -0.25) is 14.2 Å². The van der Waals surface area contributed by atoms with Gasteiger partial charge in [0.1, 0.15) is 0 Å². The maximum absolute atomic E-state index is 13.2.